The monoisotopic (exact) mass is 263 g/mol. The molecule has 0 atom stereocenters. The summed E-state index contributed by atoms with van der Waals surface area (Å²) in [6, 6.07) is 4.23. The van der Waals surface area contributed by atoms with Crippen molar-refractivity contribution in [2.24, 2.45) is 0 Å². The van der Waals surface area contributed by atoms with E-state index in [0.29, 0.717) is 18.8 Å². The maximum absolute atomic E-state index is 12.3. The summed E-state index contributed by atoms with van der Waals surface area (Å²) in [6.07, 6.45) is 0.729. The third-order valence-corrected chi connectivity index (χ3v) is 3.23. The van der Waals surface area contributed by atoms with E-state index in [1.807, 2.05) is 0 Å². The quantitative estimate of drug-likeness (QED) is 0.563. The summed E-state index contributed by atoms with van der Waals surface area (Å²) >= 11 is 0. The summed E-state index contributed by atoms with van der Waals surface area (Å²) in [5.41, 5.74) is 6.28. The minimum Gasteiger partial charge on any atom is -0.508 e. The highest BCUT2D eigenvalue weighted by Gasteiger charge is 2.25. The van der Waals surface area contributed by atoms with Gasteiger partial charge in [0.05, 0.1) is 5.56 Å². The van der Waals surface area contributed by atoms with Crippen LogP contribution in [0.3, 0.4) is 0 Å². The van der Waals surface area contributed by atoms with Gasteiger partial charge in [-0.1, -0.05) is 0 Å². The zero-order valence-corrected chi connectivity index (χ0v) is 10.8. The van der Waals surface area contributed by atoms with E-state index >= 15 is 0 Å². The first-order valence-electron chi connectivity index (χ1n) is 6.11. The number of nitrogens with zero attached hydrogens (tertiary/aromatic N) is 2. The standard InChI is InChI=1S/C13H17N3O3/c1-15-5-2-6-16(8-12(15)18)13(19)10-7-9(17)3-4-11(10)14/h3-4,7,17H,2,5-6,8,14H2,1H3. The molecule has 0 aliphatic carbocycles. The number of amides is 2. The van der Waals surface area contributed by atoms with E-state index in [9.17, 15) is 14.7 Å². The molecule has 1 aliphatic heterocycles. The molecule has 2 rings (SSSR count). The number of phenols is 1. The van der Waals surface area contributed by atoms with Crippen molar-refractivity contribution >= 4 is 17.5 Å². The Morgan fingerprint density at radius 3 is 2.84 bits per heavy atom. The summed E-state index contributed by atoms with van der Waals surface area (Å²) < 4.78 is 0. The van der Waals surface area contributed by atoms with Crippen molar-refractivity contribution < 1.29 is 14.7 Å². The smallest absolute Gasteiger partial charge is 0.256 e. The molecule has 1 fully saturated rings. The fourth-order valence-corrected chi connectivity index (χ4v) is 2.06. The lowest BCUT2D eigenvalue weighted by Crippen LogP contribution is -2.38. The van der Waals surface area contributed by atoms with Gasteiger partial charge in [-0.05, 0) is 24.6 Å². The molecule has 3 N–H and O–H groups in total. The summed E-state index contributed by atoms with van der Waals surface area (Å²) in [5, 5.41) is 9.43. The van der Waals surface area contributed by atoms with Crippen molar-refractivity contribution in [1.82, 2.24) is 9.80 Å². The Bertz CT molecular complexity index is 516. The average Bonchev–Trinajstić information content (AvgIpc) is 2.54. The lowest BCUT2D eigenvalue weighted by Gasteiger charge is -2.20. The van der Waals surface area contributed by atoms with Gasteiger partial charge in [-0.3, -0.25) is 9.59 Å². The van der Waals surface area contributed by atoms with Crippen LogP contribution in [0.1, 0.15) is 16.8 Å². The van der Waals surface area contributed by atoms with E-state index in [-0.39, 0.29) is 29.7 Å². The largest absolute Gasteiger partial charge is 0.508 e. The van der Waals surface area contributed by atoms with E-state index in [1.54, 1.807) is 11.9 Å². The van der Waals surface area contributed by atoms with Crippen LogP contribution in [-0.4, -0.2) is 53.4 Å². The van der Waals surface area contributed by atoms with Gasteiger partial charge in [-0.2, -0.15) is 0 Å². The van der Waals surface area contributed by atoms with Crippen molar-refractivity contribution in [2.75, 3.05) is 32.4 Å². The van der Waals surface area contributed by atoms with Crippen LogP contribution in [0.15, 0.2) is 18.2 Å². The molecule has 0 spiro atoms. The number of nitrogen functional groups attached to an aromatic ring is 1. The molecule has 1 heterocycles. The lowest BCUT2D eigenvalue weighted by atomic mass is 10.1. The molecule has 0 bridgehead atoms. The molecule has 1 aromatic carbocycles. The van der Waals surface area contributed by atoms with Gasteiger partial charge in [0.1, 0.15) is 12.3 Å². The van der Waals surface area contributed by atoms with Crippen molar-refractivity contribution in [2.45, 2.75) is 6.42 Å². The fourth-order valence-electron chi connectivity index (χ4n) is 2.06. The predicted molar refractivity (Wildman–Crippen MR) is 70.7 cm³/mol. The van der Waals surface area contributed by atoms with Gasteiger partial charge in [-0.25, -0.2) is 0 Å². The Balaban J connectivity index is 2.23. The molecule has 1 aliphatic rings. The van der Waals surface area contributed by atoms with Crippen LogP contribution in [0.4, 0.5) is 5.69 Å². The molecule has 2 amide bonds. The Morgan fingerprint density at radius 2 is 2.11 bits per heavy atom. The second-order valence-corrected chi connectivity index (χ2v) is 4.67. The summed E-state index contributed by atoms with van der Waals surface area (Å²) in [6.45, 7) is 1.19. The highest BCUT2D eigenvalue weighted by molar-refractivity contribution is 6.01. The van der Waals surface area contributed by atoms with Crippen LogP contribution in [0, 0.1) is 0 Å². The molecular weight excluding hydrogens is 246 g/mol. The van der Waals surface area contributed by atoms with Crippen LogP contribution in [0.2, 0.25) is 0 Å². The zero-order chi connectivity index (χ0) is 14.0. The minimum absolute atomic E-state index is 0.0178. The number of nitrogens with two attached hydrogens (primary N) is 1. The van der Waals surface area contributed by atoms with Gasteiger partial charge in [-0.15, -0.1) is 0 Å². The molecule has 0 unspecified atom stereocenters. The molecule has 6 heteroatoms. The number of carbonyl (C=O) groups is 2. The first kappa shape index (κ1) is 13.2. The fraction of sp³-hybridized carbons (Fsp3) is 0.385. The van der Waals surface area contributed by atoms with E-state index in [4.69, 9.17) is 5.73 Å². The number of likely N-dealkylation sites (N-methyl/N-ethyl adjacent to an activating group) is 1. The van der Waals surface area contributed by atoms with Gasteiger partial charge in [0, 0.05) is 25.8 Å². The normalized spacial score (nSPS) is 16.4. The SMILES string of the molecule is CN1CCCN(C(=O)c2cc(O)ccc2N)CC1=O. The second kappa shape index (κ2) is 5.17. The highest BCUT2D eigenvalue weighted by Crippen LogP contribution is 2.20. The molecule has 102 valence electrons. The van der Waals surface area contributed by atoms with Crippen molar-refractivity contribution in [3.8, 4) is 5.75 Å². The Morgan fingerprint density at radius 1 is 1.37 bits per heavy atom. The van der Waals surface area contributed by atoms with Gasteiger partial charge < -0.3 is 20.6 Å². The molecule has 6 nitrogen and oxygen atoms in total. The number of hydrogen-bond donors (Lipinski definition) is 2. The van der Waals surface area contributed by atoms with E-state index in [1.165, 1.54) is 23.1 Å². The third kappa shape index (κ3) is 2.78. The summed E-state index contributed by atoms with van der Waals surface area (Å²) in [5.74, 6) is -0.433. The van der Waals surface area contributed by atoms with Crippen molar-refractivity contribution in [1.29, 1.82) is 0 Å². The maximum Gasteiger partial charge on any atom is 0.256 e. The van der Waals surface area contributed by atoms with Crippen LogP contribution in [-0.2, 0) is 4.79 Å². The van der Waals surface area contributed by atoms with Crippen LogP contribution < -0.4 is 5.73 Å². The Hall–Kier alpha value is -2.24. The van der Waals surface area contributed by atoms with Crippen LogP contribution >= 0.6 is 0 Å². The summed E-state index contributed by atoms with van der Waals surface area (Å²) in [7, 11) is 1.72. The van der Waals surface area contributed by atoms with E-state index in [2.05, 4.69) is 0 Å². The number of aromatic hydroxyl groups is 1. The van der Waals surface area contributed by atoms with Crippen molar-refractivity contribution in [3.63, 3.8) is 0 Å². The number of anilines is 1. The summed E-state index contributed by atoms with van der Waals surface area (Å²) in [4.78, 5) is 27.2. The van der Waals surface area contributed by atoms with Gasteiger partial charge in [0.25, 0.3) is 5.91 Å². The van der Waals surface area contributed by atoms with Crippen molar-refractivity contribution in [3.05, 3.63) is 23.8 Å². The van der Waals surface area contributed by atoms with Gasteiger partial charge in [0.2, 0.25) is 5.91 Å². The molecule has 0 aromatic heterocycles. The average molecular weight is 263 g/mol. The molecule has 0 radical (unpaired) electrons. The Kier molecular flexibility index (Phi) is 3.59. The van der Waals surface area contributed by atoms with E-state index < -0.39 is 0 Å². The van der Waals surface area contributed by atoms with Crippen LogP contribution in [0.25, 0.3) is 0 Å². The molecule has 0 saturated carbocycles. The lowest BCUT2D eigenvalue weighted by molar-refractivity contribution is -0.129. The zero-order valence-electron chi connectivity index (χ0n) is 10.8. The molecule has 1 saturated heterocycles. The number of carbonyl (C=O) groups excluding carboxylic acids is 2. The molecule has 19 heavy (non-hydrogen) atoms. The molecular formula is C13H17N3O3. The van der Waals surface area contributed by atoms with Crippen LogP contribution in [0.5, 0.6) is 5.75 Å². The second-order valence-electron chi connectivity index (χ2n) is 4.67. The minimum atomic E-state index is -0.322. The number of benzene rings is 1. The number of hydrogen-bond acceptors (Lipinski definition) is 4. The first-order valence-corrected chi connectivity index (χ1v) is 6.11. The van der Waals surface area contributed by atoms with Gasteiger partial charge in [0.15, 0.2) is 0 Å². The third-order valence-electron chi connectivity index (χ3n) is 3.23. The van der Waals surface area contributed by atoms with E-state index in [0.717, 1.165) is 6.42 Å². The number of phenolic OH excluding ortho intramolecular Hbond substituents is 1. The highest BCUT2D eigenvalue weighted by atomic mass is 16.3. The van der Waals surface area contributed by atoms with Gasteiger partial charge >= 0.3 is 0 Å². The topological polar surface area (TPSA) is 86.9 Å². The Labute approximate surface area is 111 Å². The predicted octanol–water partition coefficient (Wildman–Crippen LogP) is 0.279. The molecule has 1 aromatic rings. The first-order chi connectivity index (χ1) is 8.99. The maximum atomic E-state index is 12.3. The number of rotatable bonds is 1.